The minimum atomic E-state index is -0.167. The van der Waals surface area contributed by atoms with Crippen molar-refractivity contribution >= 4 is 29.4 Å². The van der Waals surface area contributed by atoms with Crippen LogP contribution in [0, 0.1) is 12.8 Å². The monoisotopic (exact) mass is 368 g/mol. The summed E-state index contributed by atoms with van der Waals surface area (Å²) in [6, 6.07) is 9.04. The fourth-order valence-corrected chi connectivity index (χ4v) is 3.49. The number of hydrogen-bond donors (Lipinski definition) is 0. The molecule has 1 aliphatic rings. The molecule has 0 saturated carbocycles. The number of ketones is 1. The Balaban J connectivity index is 1.67. The Bertz CT molecular complexity index is 833. The van der Waals surface area contributed by atoms with Crippen LogP contribution in [0.5, 0.6) is 0 Å². The average Bonchev–Trinajstić information content (AvgIpc) is 2.66. The van der Waals surface area contributed by atoms with E-state index in [9.17, 15) is 9.59 Å². The SMILES string of the molecule is Cc1cc(Cl)ccc1C(=O)C1CCCN(C(=O)C=Cc2cccnc2)C1. The molecule has 5 heteroatoms. The molecule has 1 unspecified atom stereocenters. The van der Waals surface area contributed by atoms with Crippen LogP contribution in [0.25, 0.3) is 6.08 Å². The summed E-state index contributed by atoms with van der Waals surface area (Å²) >= 11 is 5.98. The van der Waals surface area contributed by atoms with Gasteiger partial charge < -0.3 is 4.90 Å². The van der Waals surface area contributed by atoms with Gasteiger partial charge in [0.25, 0.3) is 0 Å². The van der Waals surface area contributed by atoms with Gasteiger partial charge in [0.2, 0.25) is 5.91 Å². The zero-order valence-corrected chi connectivity index (χ0v) is 15.4. The lowest BCUT2D eigenvalue weighted by Crippen LogP contribution is -2.41. The van der Waals surface area contributed by atoms with Gasteiger partial charge in [0.1, 0.15) is 0 Å². The molecule has 1 aliphatic heterocycles. The number of pyridine rings is 1. The van der Waals surface area contributed by atoms with Gasteiger partial charge in [0, 0.05) is 48.1 Å². The second-order valence-electron chi connectivity index (χ2n) is 6.57. The van der Waals surface area contributed by atoms with E-state index in [-0.39, 0.29) is 17.6 Å². The van der Waals surface area contributed by atoms with Gasteiger partial charge >= 0.3 is 0 Å². The normalized spacial score (nSPS) is 17.5. The van der Waals surface area contributed by atoms with Crippen LogP contribution in [0.3, 0.4) is 0 Å². The lowest BCUT2D eigenvalue weighted by molar-refractivity contribution is -0.127. The van der Waals surface area contributed by atoms with Gasteiger partial charge in [-0.2, -0.15) is 0 Å². The Morgan fingerprint density at radius 1 is 1.31 bits per heavy atom. The van der Waals surface area contributed by atoms with E-state index >= 15 is 0 Å². The van der Waals surface area contributed by atoms with Crippen molar-refractivity contribution in [1.29, 1.82) is 0 Å². The summed E-state index contributed by atoms with van der Waals surface area (Å²) in [4.78, 5) is 31.1. The van der Waals surface area contributed by atoms with Gasteiger partial charge in [-0.25, -0.2) is 0 Å². The number of aromatic nitrogens is 1. The van der Waals surface area contributed by atoms with Gasteiger partial charge in [-0.05, 0) is 61.2 Å². The molecule has 1 aromatic carbocycles. The molecule has 4 nitrogen and oxygen atoms in total. The van der Waals surface area contributed by atoms with Crippen molar-refractivity contribution in [2.45, 2.75) is 19.8 Å². The van der Waals surface area contributed by atoms with E-state index in [2.05, 4.69) is 4.98 Å². The highest BCUT2D eigenvalue weighted by molar-refractivity contribution is 6.30. The molecule has 0 bridgehead atoms. The molecule has 3 rings (SSSR count). The zero-order valence-electron chi connectivity index (χ0n) is 14.7. The third-order valence-electron chi connectivity index (χ3n) is 4.66. The Labute approximate surface area is 158 Å². The van der Waals surface area contributed by atoms with E-state index in [0.29, 0.717) is 23.7 Å². The van der Waals surface area contributed by atoms with E-state index in [1.54, 1.807) is 47.6 Å². The van der Waals surface area contributed by atoms with E-state index in [4.69, 9.17) is 11.6 Å². The highest BCUT2D eigenvalue weighted by Gasteiger charge is 2.28. The maximum Gasteiger partial charge on any atom is 0.246 e. The number of aryl methyl sites for hydroxylation is 1. The van der Waals surface area contributed by atoms with Crippen LogP contribution >= 0.6 is 11.6 Å². The lowest BCUT2D eigenvalue weighted by atomic mass is 9.88. The second kappa shape index (κ2) is 8.28. The Morgan fingerprint density at radius 2 is 2.15 bits per heavy atom. The second-order valence-corrected chi connectivity index (χ2v) is 7.00. The predicted molar refractivity (Wildman–Crippen MR) is 103 cm³/mol. The number of nitrogens with zero attached hydrogens (tertiary/aromatic N) is 2. The maximum absolute atomic E-state index is 12.9. The minimum Gasteiger partial charge on any atom is -0.338 e. The molecule has 26 heavy (non-hydrogen) atoms. The molecule has 1 amide bonds. The molecule has 0 N–H and O–H groups in total. The number of piperidine rings is 1. The molecule has 1 aromatic heterocycles. The average molecular weight is 369 g/mol. The Morgan fingerprint density at radius 3 is 2.88 bits per heavy atom. The molecule has 134 valence electrons. The van der Waals surface area contributed by atoms with Crippen molar-refractivity contribution in [1.82, 2.24) is 9.88 Å². The molecular weight excluding hydrogens is 348 g/mol. The molecular formula is C21H21ClN2O2. The van der Waals surface area contributed by atoms with E-state index in [0.717, 1.165) is 24.0 Å². The summed E-state index contributed by atoms with van der Waals surface area (Å²) in [6.45, 7) is 3.03. The fraction of sp³-hybridized carbons (Fsp3) is 0.286. The van der Waals surface area contributed by atoms with Gasteiger partial charge in [-0.3, -0.25) is 14.6 Å². The number of Topliss-reactive ketones (excluding diaryl/α,β-unsaturated/α-hetero) is 1. The maximum atomic E-state index is 12.9. The molecule has 1 fully saturated rings. The summed E-state index contributed by atoms with van der Waals surface area (Å²) < 4.78 is 0. The quantitative estimate of drug-likeness (QED) is 0.601. The topological polar surface area (TPSA) is 50.3 Å². The molecule has 0 aliphatic carbocycles. The van der Waals surface area contributed by atoms with Crippen LogP contribution in [0.15, 0.2) is 48.8 Å². The summed E-state index contributed by atoms with van der Waals surface area (Å²) in [5.74, 6) is -0.147. The minimum absolute atomic E-state index is 0.0702. The molecule has 2 heterocycles. The molecule has 2 aromatic rings. The van der Waals surface area contributed by atoms with E-state index < -0.39 is 0 Å². The Hall–Kier alpha value is -2.46. The Kier molecular flexibility index (Phi) is 5.84. The highest BCUT2D eigenvalue weighted by atomic mass is 35.5. The van der Waals surface area contributed by atoms with Crippen molar-refractivity contribution < 1.29 is 9.59 Å². The van der Waals surface area contributed by atoms with Crippen molar-refractivity contribution in [2.75, 3.05) is 13.1 Å². The summed E-state index contributed by atoms with van der Waals surface area (Å²) in [5.41, 5.74) is 2.45. The summed E-state index contributed by atoms with van der Waals surface area (Å²) in [5, 5.41) is 0.625. The first-order chi connectivity index (χ1) is 12.5. The molecule has 0 spiro atoms. The number of carbonyl (C=O) groups excluding carboxylic acids is 2. The van der Waals surface area contributed by atoms with Crippen molar-refractivity contribution in [2.24, 2.45) is 5.92 Å². The third kappa shape index (κ3) is 4.38. The van der Waals surface area contributed by atoms with Crippen molar-refractivity contribution in [3.8, 4) is 0 Å². The number of likely N-dealkylation sites (tertiary alicyclic amines) is 1. The van der Waals surface area contributed by atoms with Crippen LogP contribution in [0.1, 0.15) is 34.3 Å². The van der Waals surface area contributed by atoms with Crippen LogP contribution in [0.2, 0.25) is 5.02 Å². The first kappa shape index (κ1) is 18.3. The molecule has 0 radical (unpaired) electrons. The van der Waals surface area contributed by atoms with Crippen LogP contribution < -0.4 is 0 Å². The summed E-state index contributed by atoms with van der Waals surface area (Å²) in [7, 11) is 0. The highest BCUT2D eigenvalue weighted by Crippen LogP contribution is 2.24. The number of carbonyl (C=O) groups is 2. The van der Waals surface area contributed by atoms with Crippen LogP contribution in [0.4, 0.5) is 0 Å². The van der Waals surface area contributed by atoms with Crippen LogP contribution in [-0.2, 0) is 4.79 Å². The van der Waals surface area contributed by atoms with Crippen molar-refractivity contribution in [3.63, 3.8) is 0 Å². The van der Waals surface area contributed by atoms with Crippen LogP contribution in [-0.4, -0.2) is 34.7 Å². The number of hydrogen-bond acceptors (Lipinski definition) is 3. The third-order valence-corrected chi connectivity index (χ3v) is 4.90. The van der Waals surface area contributed by atoms with E-state index in [1.165, 1.54) is 0 Å². The first-order valence-electron chi connectivity index (χ1n) is 8.72. The number of amides is 1. The van der Waals surface area contributed by atoms with E-state index in [1.807, 2.05) is 19.1 Å². The van der Waals surface area contributed by atoms with Gasteiger partial charge in [-0.1, -0.05) is 17.7 Å². The predicted octanol–water partition coefficient (Wildman–Crippen LogP) is 4.18. The van der Waals surface area contributed by atoms with Gasteiger partial charge in [0.15, 0.2) is 5.78 Å². The van der Waals surface area contributed by atoms with Gasteiger partial charge in [-0.15, -0.1) is 0 Å². The lowest BCUT2D eigenvalue weighted by Gasteiger charge is -2.31. The summed E-state index contributed by atoms with van der Waals surface area (Å²) in [6.07, 6.45) is 8.34. The first-order valence-corrected chi connectivity index (χ1v) is 9.10. The largest absolute Gasteiger partial charge is 0.338 e. The number of benzene rings is 1. The van der Waals surface area contributed by atoms with Crippen molar-refractivity contribution in [3.05, 3.63) is 70.5 Å². The standard InChI is InChI=1S/C21H21ClN2O2/c1-15-12-18(22)7-8-19(15)21(26)17-5-3-11-24(14-17)20(25)9-6-16-4-2-10-23-13-16/h2,4,6-10,12-13,17H,3,5,11,14H2,1H3. The molecule has 1 atom stereocenters. The molecule has 1 saturated heterocycles. The fourth-order valence-electron chi connectivity index (χ4n) is 3.26. The van der Waals surface area contributed by atoms with Gasteiger partial charge in [0.05, 0.1) is 0 Å². The number of halogens is 1. The number of rotatable bonds is 4. The smallest absolute Gasteiger partial charge is 0.246 e. The zero-order chi connectivity index (χ0) is 18.5.